The zero-order valence-corrected chi connectivity index (χ0v) is 12.6. The third-order valence-electron chi connectivity index (χ3n) is 4.74. The van der Waals surface area contributed by atoms with Gasteiger partial charge in [-0.05, 0) is 59.3 Å². The Morgan fingerprint density at radius 3 is 2.33 bits per heavy atom. The fourth-order valence-electron chi connectivity index (χ4n) is 3.59. The number of hydrogen-bond acceptors (Lipinski definition) is 1. The first-order chi connectivity index (χ1) is 8.52. The quantitative estimate of drug-likeness (QED) is 0.707. The fourth-order valence-corrected chi connectivity index (χ4v) is 3.59. The molecule has 2 rings (SSSR count). The highest BCUT2D eigenvalue weighted by Gasteiger charge is 2.36. The molecule has 0 heterocycles. The van der Waals surface area contributed by atoms with Crippen molar-refractivity contribution >= 4 is 0 Å². The molecule has 1 saturated carbocycles. The van der Waals surface area contributed by atoms with Crippen LogP contribution in [0.4, 0.5) is 0 Å². The lowest BCUT2D eigenvalue weighted by Crippen LogP contribution is -2.45. The lowest BCUT2D eigenvalue weighted by atomic mass is 9.66. The highest BCUT2D eigenvalue weighted by molar-refractivity contribution is 5.18. The summed E-state index contributed by atoms with van der Waals surface area (Å²) in [6.45, 7) is 8.07. The highest BCUT2D eigenvalue weighted by Crippen LogP contribution is 2.45. The molecule has 0 atom stereocenters. The summed E-state index contributed by atoms with van der Waals surface area (Å²) in [6, 6.07) is 0. The van der Waals surface area contributed by atoms with E-state index >= 15 is 0 Å². The van der Waals surface area contributed by atoms with Gasteiger partial charge in [0.05, 0.1) is 0 Å². The van der Waals surface area contributed by atoms with Gasteiger partial charge in [0.1, 0.15) is 0 Å². The summed E-state index contributed by atoms with van der Waals surface area (Å²) in [7, 11) is 0. The van der Waals surface area contributed by atoms with Gasteiger partial charge in [0.25, 0.3) is 0 Å². The second kappa shape index (κ2) is 5.77. The van der Waals surface area contributed by atoms with Gasteiger partial charge >= 0.3 is 0 Å². The van der Waals surface area contributed by atoms with E-state index in [1.54, 1.807) is 5.57 Å². The second-order valence-corrected chi connectivity index (χ2v) is 7.42. The summed E-state index contributed by atoms with van der Waals surface area (Å²) in [6.07, 6.45) is 15.3. The van der Waals surface area contributed by atoms with Crippen LogP contribution in [0, 0.1) is 5.41 Å². The van der Waals surface area contributed by atoms with Gasteiger partial charge in [-0.3, -0.25) is 0 Å². The molecule has 0 spiro atoms. The highest BCUT2D eigenvalue weighted by atomic mass is 15.0. The fraction of sp³-hybridized carbons (Fsp3) is 0.882. The molecular formula is C17H31N. The molecule has 18 heavy (non-hydrogen) atoms. The molecule has 0 aromatic carbocycles. The average Bonchev–Trinajstić information content (AvgIpc) is 2.38. The zero-order chi connectivity index (χ0) is 13.1. The van der Waals surface area contributed by atoms with E-state index in [1.807, 2.05) is 0 Å². The average molecular weight is 249 g/mol. The van der Waals surface area contributed by atoms with E-state index in [-0.39, 0.29) is 5.54 Å². The van der Waals surface area contributed by atoms with Gasteiger partial charge in [-0.25, -0.2) is 0 Å². The topological polar surface area (TPSA) is 12.0 Å². The molecule has 1 fully saturated rings. The van der Waals surface area contributed by atoms with E-state index in [0.29, 0.717) is 5.41 Å². The summed E-state index contributed by atoms with van der Waals surface area (Å²) >= 11 is 0. The minimum absolute atomic E-state index is 0.250. The largest absolute Gasteiger partial charge is 0.311 e. The number of allylic oxidation sites excluding steroid dienone is 1. The van der Waals surface area contributed by atoms with E-state index in [0.717, 1.165) is 0 Å². The lowest BCUT2D eigenvalue weighted by Gasteiger charge is -2.43. The van der Waals surface area contributed by atoms with Gasteiger partial charge in [-0.15, -0.1) is 0 Å². The van der Waals surface area contributed by atoms with Crippen molar-refractivity contribution in [2.75, 3.05) is 6.54 Å². The Morgan fingerprint density at radius 2 is 1.78 bits per heavy atom. The van der Waals surface area contributed by atoms with E-state index < -0.39 is 0 Å². The standard InChI is InChI=1S/C17H31N/c1-16(2,3)18-14-17(12-8-5-9-13-17)15-10-6-4-7-11-15/h10,18H,4-9,11-14H2,1-3H3. The molecule has 104 valence electrons. The van der Waals surface area contributed by atoms with Crippen molar-refractivity contribution in [1.29, 1.82) is 0 Å². The molecule has 1 N–H and O–H groups in total. The van der Waals surface area contributed by atoms with Crippen LogP contribution >= 0.6 is 0 Å². The molecule has 0 unspecified atom stereocenters. The second-order valence-electron chi connectivity index (χ2n) is 7.42. The van der Waals surface area contributed by atoms with Crippen molar-refractivity contribution in [2.24, 2.45) is 5.41 Å². The van der Waals surface area contributed by atoms with Crippen LogP contribution in [0.5, 0.6) is 0 Å². The SMILES string of the molecule is CC(C)(C)NCC1(C2=CCCCC2)CCCCC1. The van der Waals surface area contributed by atoms with Gasteiger partial charge in [0.2, 0.25) is 0 Å². The van der Waals surface area contributed by atoms with E-state index in [4.69, 9.17) is 0 Å². The van der Waals surface area contributed by atoms with E-state index in [1.165, 1.54) is 64.3 Å². The van der Waals surface area contributed by atoms with Gasteiger partial charge in [0.15, 0.2) is 0 Å². The lowest BCUT2D eigenvalue weighted by molar-refractivity contribution is 0.201. The smallest absolute Gasteiger partial charge is 0.00968 e. The summed E-state index contributed by atoms with van der Waals surface area (Å²) in [4.78, 5) is 0. The molecule has 1 heteroatoms. The predicted molar refractivity (Wildman–Crippen MR) is 79.8 cm³/mol. The van der Waals surface area contributed by atoms with Crippen LogP contribution in [0.15, 0.2) is 11.6 Å². The van der Waals surface area contributed by atoms with Crippen LogP contribution in [0.25, 0.3) is 0 Å². The van der Waals surface area contributed by atoms with Crippen LogP contribution in [-0.2, 0) is 0 Å². The van der Waals surface area contributed by atoms with Crippen molar-refractivity contribution in [2.45, 2.75) is 84.1 Å². The Hall–Kier alpha value is -0.300. The maximum atomic E-state index is 3.79. The maximum absolute atomic E-state index is 3.79. The number of rotatable bonds is 3. The first-order valence-corrected chi connectivity index (χ1v) is 7.96. The van der Waals surface area contributed by atoms with Crippen molar-refractivity contribution in [1.82, 2.24) is 5.32 Å². The summed E-state index contributed by atoms with van der Waals surface area (Å²) in [5.41, 5.74) is 2.55. The zero-order valence-electron chi connectivity index (χ0n) is 12.6. The molecule has 2 aliphatic carbocycles. The summed E-state index contributed by atoms with van der Waals surface area (Å²) in [5.74, 6) is 0. The molecule has 2 aliphatic rings. The normalized spacial score (nSPS) is 24.7. The Kier molecular flexibility index (Phi) is 4.53. The third-order valence-corrected chi connectivity index (χ3v) is 4.74. The van der Waals surface area contributed by atoms with E-state index in [2.05, 4.69) is 32.2 Å². The van der Waals surface area contributed by atoms with Crippen LogP contribution in [-0.4, -0.2) is 12.1 Å². The Morgan fingerprint density at radius 1 is 1.06 bits per heavy atom. The molecule has 0 radical (unpaired) electrons. The van der Waals surface area contributed by atoms with Crippen molar-refractivity contribution in [3.05, 3.63) is 11.6 Å². The van der Waals surface area contributed by atoms with Gasteiger partial charge in [-0.1, -0.05) is 30.9 Å². The van der Waals surface area contributed by atoms with Crippen LogP contribution < -0.4 is 5.32 Å². The monoisotopic (exact) mass is 249 g/mol. The van der Waals surface area contributed by atoms with E-state index in [9.17, 15) is 0 Å². The number of nitrogens with one attached hydrogen (secondary N) is 1. The summed E-state index contributed by atoms with van der Waals surface area (Å²) < 4.78 is 0. The molecule has 0 bridgehead atoms. The minimum atomic E-state index is 0.250. The predicted octanol–water partition coefficient (Wildman–Crippen LogP) is 4.83. The molecule has 0 aromatic rings. The molecule has 0 aliphatic heterocycles. The minimum Gasteiger partial charge on any atom is -0.311 e. The molecular weight excluding hydrogens is 218 g/mol. The first-order valence-electron chi connectivity index (χ1n) is 7.96. The Labute approximate surface area is 113 Å². The Balaban J connectivity index is 2.09. The van der Waals surface area contributed by atoms with Crippen LogP contribution in [0.1, 0.15) is 78.6 Å². The summed E-state index contributed by atoms with van der Waals surface area (Å²) in [5, 5.41) is 3.79. The van der Waals surface area contributed by atoms with Crippen molar-refractivity contribution in [3.63, 3.8) is 0 Å². The van der Waals surface area contributed by atoms with Gasteiger partial charge in [0, 0.05) is 17.5 Å². The van der Waals surface area contributed by atoms with Gasteiger partial charge in [-0.2, -0.15) is 0 Å². The van der Waals surface area contributed by atoms with Crippen LogP contribution in [0.3, 0.4) is 0 Å². The maximum Gasteiger partial charge on any atom is 0.00968 e. The number of hydrogen-bond donors (Lipinski definition) is 1. The Bertz CT molecular complexity index is 289. The van der Waals surface area contributed by atoms with Crippen LogP contribution in [0.2, 0.25) is 0 Å². The molecule has 0 amide bonds. The first kappa shape index (κ1) is 14.1. The third kappa shape index (κ3) is 3.60. The van der Waals surface area contributed by atoms with Crippen molar-refractivity contribution in [3.8, 4) is 0 Å². The molecule has 0 saturated heterocycles. The van der Waals surface area contributed by atoms with Gasteiger partial charge < -0.3 is 5.32 Å². The molecule has 0 aromatic heterocycles. The molecule has 1 nitrogen and oxygen atoms in total. The van der Waals surface area contributed by atoms with Crippen molar-refractivity contribution < 1.29 is 0 Å².